The Hall–Kier alpha value is -1.98. The number of rotatable bonds is 8. The zero-order valence-corrected chi connectivity index (χ0v) is 21.2. The number of amidine groups is 1. The van der Waals surface area contributed by atoms with Gasteiger partial charge in [-0.15, -0.1) is 23.5 Å². The van der Waals surface area contributed by atoms with Crippen molar-refractivity contribution in [3.05, 3.63) is 22.1 Å². The number of likely N-dealkylation sites (tertiary alicyclic amines) is 1. The number of hydrogen-bond acceptors (Lipinski definition) is 7. The lowest BCUT2D eigenvalue weighted by atomic mass is 9.79. The van der Waals surface area contributed by atoms with Gasteiger partial charge in [0.15, 0.2) is 0 Å². The summed E-state index contributed by atoms with van der Waals surface area (Å²) in [5.41, 5.74) is 0.0421. The molecule has 33 heavy (non-hydrogen) atoms. The summed E-state index contributed by atoms with van der Waals surface area (Å²) in [6.07, 6.45) is 1.47. The zero-order chi connectivity index (χ0) is 24.6. The van der Waals surface area contributed by atoms with Gasteiger partial charge in [-0.3, -0.25) is 15.0 Å². The first kappa shape index (κ1) is 25.6. The van der Waals surface area contributed by atoms with Gasteiger partial charge in [-0.25, -0.2) is 4.79 Å². The van der Waals surface area contributed by atoms with Crippen LogP contribution in [0, 0.1) is 17.2 Å². The second kappa shape index (κ2) is 10.1. The summed E-state index contributed by atoms with van der Waals surface area (Å²) in [6, 6.07) is -0.225. The normalized spacial score (nSPS) is 30.0. The molecule has 0 bridgehead atoms. The van der Waals surface area contributed by atoms with E-state index < -0.39 is 18.0 Å². The molecule has 11 heteroatoms. The Bertz CT molecular complexity index is 903. The smallest absolute Gasteiger partial charge is 0.353 e. The first-order valence-electron chi connectivity index (χ1n) is 10.9. The van der Waals surface area contributed by atoms with Crippen LogP contribution in [0.15, 0.2) is 22.1 Å². The van der Waals surface area contributed by atoms with Crippen molar-refractivity contribution >= 4 is 47.1 Å². The number of nitrogens with zero attached hydrogens (tertiary/aromatic N) is 3. The maximum Gasteiger partial charge on any atom is 0.353 e. The zero-order valence-electron chi connectivity index (χ0n) is 19.5. The monoisotopic (exact) mass is 496 g/mol. The van der Waals surface area contributed by atoms with Gasteiger partial charge in [0.1, 0.15) is 5.70 Å². The molecule has 1 unspecified atom stereocenters. The van der Waals surface area contributed by atoms with E-state index in [9.17, 15) is 24.6 Å². The van der Waals surface area contributed by atoms with Gasteiger partial charge in [0.05, 0.1) is 23.9 Å². The topological polar surface area (TPSA) is 125 Å². The first-order chi connectivity index (χ1) is 15.5. The lowest BCUT2D eigenvalue weighted by Crippen LogP contribution is -2.63. The fourth-order valence-electron chi connectivity index (χ4n) is 4.81. The third-order valence-electron chi connectivity index (χ3n) is 6.45. The number of likely N-dealkylation sites (N-methyl/N-ethyl adjacent to an activating group) is 1. The number of carboxylic acid groups (broad SMARTS) is 1. The van der Waals surface area contributed by atoms with Crippen molar-refractivity contribution < 1.29 is 24.6 Å². The number of amides is 2. The average Bonchev–Trinajstić information content (AvgIpc) is 3.22. The van der Waals surface area contributed by atoms with Crippen LogP contribution in [0.1, 0.15) is 27.2 Å². The highest BCUT2D eigenvalue weighted by Crippen LogP contribution is 2.52. The second-order valence-corrected chi connectivity index (χ2v) is 11.3. The van der Waals surface area contributed by atoms with Crippen LogP contribution in [0.4, 0.5) is 0 Å². The van der Waals surface area contributed by atoms with Crippen LogP contribution in [0.3, 0.4) is 0 Å². The number of aliphatic hydroxyl groups is 1. The van der Waals surface area contributed by atoms with Gasteiger partial charge in [-0.05, 0) is 25.7 Å². The summed E-state index contributed by atoms with van der Waals surface area (Å²) in [4.78, 5) is 41.8. The predicted octanol–water partition coefficient (Wildman–Crippen LogP) is 1.65. The second-order valence-electron chi connectivity index (χ2n) is 9.01. The number of thioether (sulfide) groups is 2. The summed E-state index contributed by atoms with van der Waals surface area (Å²) in [6.45, 7) is 5.86. The van der Waals surface area contributed by atoms with Gasteiger partial charge in [-0.1, -0.05) is 6.92 Å². The van der Waals surface area contributed by atoms with Crippen LogP contribution >= 0.6 is 23.5 Å². The van der Waals surface area contributed by atoms with E-state index >= 15 is 0 Å². The molecule has 3 aliphatic rings. The fraction of sp³-hybridized carbons (Fsp3) is 0.636. The van der Waals surface area contributed by atoms with Crippen LogP contribution in [0.5, 0.6) is 0 Å². The highest BCUT2D eigenvalue weighted by atomic mass is 32.2. The summed E-state index contributed by atoms with van der Waals surface area (Å²) in [5, 5.41) is 29.9. The molecule has 182 valence electrons. The lowest BCUT2D eigenvalue weighted by molar-refractivity contribution is -0.163. The third kappa shape index (κ3) is 4.95. The largest absolute Gasteiger partial charge is 0.477 e. The third-order valence-corrected chi connectivity index (χ3v) is 8.85. The minimum absolute atomic E-state index is 0.0421. The minimum Gasteiger partial charge on any atom is -0.477 e. The lowest BCUT2D eigenvalue weighted by Gasteiger charge is -2.46. The molecule has 3 aliphatic heterocycles. The Labute approximate surface area is 202 Å². The van der Waals surface area contributed by atoms with E-state index in [-0.39, 0.29) is 40.8 Å². The van der Waals surface area contributed by atoms with Gasteiger partial charge in [0, 0.05) is 54.6 Å². The fourth-order valence-corrected chi connectivity index (χ4v) is 7.23. The molecule has 0 spiro atoms. The maximum atomic E-state index is 12.5. The van der Waals surface area contributed by atoms with E-state index in [1.54, 1.807) is 33.4 Å². The molecule has 6 atom stereocenters. The Kier molecular flexibility index (Phi) is 7.85. The van der Waals surface area contributed by atoms with Gasteiger partial charge in [0.2, 0.25) is 11.8 Å². The van der Waals surface area contributed by atoms with Crippen molar-refractivity contribution in [2.45, 2.75) is 50.6 Å². The van der Waals surface area contributed by atoms with Crippen LogP contribution in [-0.2, 0) is 14.4 Å². The van der Waals surface area contributed by atoms with Gasteiger partial charge < -0.3 is 24.9 Å². The van der Waals surface area contributed by atoms with E-state index in [1.165, 1.54) is 39.4 Å². The summed E-state index contributed by atoms with van der Waals surface area (Å²) >= 11 is 3.01. The highest BCUT2D eigenvalue weighted by Gasteiger charge is 2.60. The van der Waals surface area contributed by atoms with Crippen LogP contribution < -0.4 is 0 Å². The van der Waals surface area contributed by atoms with Crippen molar-refractivity contribution in [3.63, 3.8) is 0 Å². The molecular weight excluding hydrogens is 464 g/mol. The van der Waals surface area contributed by atoms with E-state index in [4.69, 9.17) is 5.41 Å². The molecule has 9 nitrogen and oxygen atoms in total. The summed E-state index contributed by atoms with van der Waals surface area (Å²) in [7, 11) is 3.39. The van der Waals surface area contributed by atoms with E-state index in [0.29, 0.717) is 23.0 Å². The van der Waals surface area contributed by atoms with Crippen molar-refractivity contribution in [3.8, 4) is 0 Å². The molecule has 2 saturated heterocycles. The van der Waals surface area contributed by atoms with Crippen molar-refractivity contribution in [2.24, 2.45) is 11.8 Å². The van der Waals surface area contributed by atoms with Crippen LogP contribution in [0.25, 0.3) is 0 Å². The van der Waals surface area contributed by atoms with E-state index in [2.05, 4.69) is 0 Å². The van der Waals surface area contributed by atoms with Crippen LogP contribution in [-0.4, -0.2) is 98.4 Å². The van der Waals surface area contributed by atoms with E-state index in [1.807, 2.05) is 11.8 Å². The standard InChI is InChI=1S/C22H32N4O5S2/c1-11-18-17(12(2)27)21(29)26(18)19(22(30)31)20(11)33-15-8-14(25(9-15)13(3)23)10-32-7-6-16(28)24(4)5/h6-7,11-12,14-15,17-18,23,27H,8-10H2,1-5H3,(H,30,31)/b7-6+,23-13?/t11-,12-,14+,15+,17-,18?/m1/s1. The van der Waals surface area contributed by atoms with Gasteiger partial charge >= 0.3 is 5.97 Å². The first-order valence-corrected chi connectivity index (χ1v) is 12.8. The predicted molar refractivity (Wildman–Crippen MR) is 130 cm³/mol. The molecule has 0 aromatic rings. The number of carbonyl (C=O) groups excluding carboxylic acids is 2. The highest BCUT2D eigenvalue weighted by molar-refractivity contribution is 8.03. The van der Waals surface area contributed by atoms with Crippen LogP contribution in [0.2, 0.25) is 0 Å². The molecule has 0 aromatic heterocycles. The Morgan fingerprint density at radius 3 is 2.58 bits per heavy atom. The Morgan fingerprint density at radius 2 is 2.03 bits per heavy atom. The van der Waals surface area contributed by atoms with Crippen molar-refractivity contribution in [1.29, 1.82) is 5.41 Å². The molecule has 0 aliphatic carbocycles. The number of aliphatic hydroxyl groups excluding tert-OH is 1. The van der Waals surface area contributed by atoms with Crippen molar-refractivity contribution in [2.75, 3.05) is 26.4 Å². The number of carbonyl (C=O) groups is 3. The number of nitrogens with one attached hydrogen (secondary N) is 1. The molecule has 2 amide bonds. The number of carboxylic acids is 1. The van der Waals surface area contributed by atoms with E-state index in [0.717, 1.165) is 6.42 Å². The molecule has 3 heterocycles. The number of fused-ring (bicyclic) bond motifs is 1. The quantitative estimate of drug-likeness (QED) is 0.200. The number of hydrogen-bond donors (Lipinski definition) is 3. The summed E-state index contributed by atoms with van der Waals surface area (Å²) < 4.78 is 0. The molecule has 3 N–H and O–H groups in total. The molecule has 2 fully saturated rings. The molecular formula is C22H32N4O5S2. The number of aliphatic carboxylic acids is 1. The molecule has 0 radical (unpaired) electrons. The Morgan fingerprint density at radius 1 is 1.36 bits per heavy atom. The maximum absolute atomic E-state index is 12.5. The molecule has 0 saturated carbocycles. The molecule has 0 aromatic carbocycles. The van der Waals surface area contributed by atoms with Crippen molar-refractivity contribution in [1.82, 2.24) is 14.7 Å². The minimum atomic E-state index is -1.12. The average molecular weight is 497 g/mol. The number of β-lactam (4-membered cyclic amide) rings is 1. The molecule has 3 rings (SSSR count). The van der Waals surface area contributed by atoms with Gasteiger partial charge in [0.25, 0.3) is 0 Å². The van der Waals surface area contributed by atoms with Gasteiger partial charge in [-0.2, -0.15) is 0 Å². The Balaban J connectivity index is 1.71. The summed E-state index contributed by atoms with van der Waals surface area (Å²) in [5.74, 6) is -1.10. The SMILES string of the molecule is CC(=N)N1C[C@@H](SC2=C(C(=O)O)N3C(=O)[C@H]([C@@H](C)O)C3[C@H]2C)C[C@H]1CS/C=C/C(=O)N(C)C.